The summed E-state index contributed by atoms with van der Waals surface area (Å²) in [5.74, 6) is -1.59. The summed E-state index contributed by atoms with van der Waals surface area (Å²) in [4.78, 5) is 37.9. The van der Waals surface area contributed by atoms with Gasteiger partial charge in [0, 0.05) is 42.7 Å². The Morgan fingerprint density at radius 2 is 2.10 bits per heavy atom. The molecule has 2 saturated heterocycles. The molecule has 4 atom stereocenters. The van der Waals surface area contributed by atoms with Crippen molar-refractivity contribution in [3.63, 3.8) is 0 Å². The van der Waals surface area contributed by atoms with Gasteiger partial charge in [0.25, 0.3) is 5.91 Å². The van der Waals surface area contributed by atoms with Gasteiger partial charge in [0.15, 0.2) is 0 Å². The van der Waals surface area contributed by atoms with Crippen LogP contribution in [0.3, 0.4) is 0 Å². The Kier molecular flexibility index (Phi) is 6.39. The molecule has 0 radical (unpaired) electrons. The van der Waals surface area contributed by atoms with Crippen LogP contribution >= 0.6 is 0 Å². The maximum Gasteiger partial charge on any atom is 0.255 e. The Bertz CT molecular complexity index is 890. The van der Waals surface area contributed by atoms with Crippen LogP contribution in [0, 0.1) is 5.82 Å². The number of rotatable bonds is 6. The summed E-state index contributed by atoms with van der Waals surface area (Å²) in [5.41, 5.74) is 1.15. The number of halogens is 1. The fourth-order valence-electron chi connectivity index (χ4n) is 4.74. The van der Waals surface area contributed by atoms with Crippen LogP contribution in [0.4, 0.5) is 4.39 Å². The van der Waals surface area contributed by atoms with E-state index < -0.39 is 17.8 Å². The molecule has 31 heavy (non-hydrogen) atoms. The van der Waals surface area contributed by atoms with Gasteiger partial charge in [-0.1, -0.05) is 13.0 Å². The summed E-state index contributed by atoms with van der Waals surface area (Å²) in [6.07, 6.45) is 3.72. The Labute approximate surface area is 181 Å². The van der Waals surface area contributed by atoms with E-state index in [1.54, 1.807) is 12.1 Å². The molecule has 0 aromatic heterocycles. The number of benzene rings is 1. The molecular formula is C23H30FN3O4. The minimum absolute atomic E-state index is 0.0419. The number of nitrogens with zero attached hydrogens (tertiary/aromatic N) is 1. The van der Waals surface area contributed by atoms with Gasteiger partial charge >= 0.3 is 0 Å². The lowest BCUT2D eigenvalue weighted by atomic mass is 9.93. The molecule has 2 N–H and O–H groups in total. The second-order valence-electron chi connectivity index (χ2n) is 8.80. The normalized spacial score (nSPS) is 27.3. The monoisotopic (exact) mass is 431 g/mol. The van der Waals surface area contributed by atoms with Gasteiger partial charge in [-0.15, -0.1) is 0 Å². The Balaban J connectivity index is 1.51. The van der Waals surface area contributed by atoms with E-state index in [0.717, 1.165) is 19.3 Å². The summed E-state index contributed by atoms with van der Waals surface area (Å²) >= 11 is 0. The third-order valence-corrected chi connectivity index (χ3v) is 6.70. The van der Waals surface area contributed by atoms with Crippen molar-refractivity contribution in [2.45, 2.75) is 83.1 Å². The maximum atomic E-state index is 15.4. The van der Waals surface area contributed by atoms with Crippen LogP contribution < -0.4 is 10.6 Å². The highest BCUT2D eigenvalue weighted by molar-refractivity contribution is 6.05. The Morgan fingerprint density at radius 1 is 1.29 bits per heavy atom. The summed E-state index contributed by atoms with van der Waals surface area (Å²) < 4.78 is 21.4. The topological polar surface area (TPSA) is 87.7 Å². The fraction of sp³-hybridized carbons (Fsp3) is 0.609. The second-order valence-corrected chi connectivity index (χ2v) is 8.80. The van der Waals surface area contributed by atoms with E-state index >= 15 is 4.39 Å². The zero-order chi connectivity index (χ0) is 22.1. The molecule has 7 nitrogen and oxygen atoms in total. The quantitative estimate of drug-likeness (QED) is 0.674. The highest BCUT2D eigenvalue weighted by Gasteiger charge is 2.40. The molecule has 1 aromatic carbocycles. The van der Waals surface area contributed by atoms with Gasteiger partial charge in [-0.2, -0.15) is 0 Å². The van der Waals surface area contributed by atoms with Gasteiger partial charge in [0.05, 0.1) is 12.6 Å². The zero-order valence-electron chi connectivity index (χ0n) is 18.1. The number of carbonyl (C=O) groups is 3. The SMILES string of the molecule is CC[C@H](C)N[C@H]1CCCO[C@@H]1Cc1ccc2c(c1F)CN(C1CCC(=O)NC1=O)C2=O. The fourth-order valence-corrected chi connectivity index (χ4v) is 4.74. The molecule has 8 heteroatoms. The first-order valence-electron chi connectivity index (χ1n) is 11.2. The van der Waals surface area contributed by atoms with Crippen LogP contribution in [0.25, 0.3) is 0 Å². The van der Waals surface area contributed by atoms with Crippen LogP contribution in [-0.2, 0) is 27.3 Å². The molecular weight excluding hydrogens is 401 g/mol. The van der Waals surface area contributed by atoms with Crippen LogP contribution in [0.15, 0.2) is 12.1 Å². The van der Waals surface area contributed by atoms with E-state index in [1.165, 1.54) is 4.90 Å². The van der Waals surface area contributed by atoms with E-state index in [0.29, 0.717) is 35.8 Å². The standard InChI is InChI=1S/C23H30FN3O4/c1-3-13(2)25-17-5-4-10-31-19(17)11-14-6-7-15-16(21(14)24)12-27(23(15)30)18-8-9-20(28)26-22(18)29/h6-7,13,17-19,25H,3-5,8-12H2,1-2H3,(H,26,28,29)/t13-,17-,18?,19+/m0/s1. The van der Waals surface area contributed by atoms with Gasteiger partial charge in [0.1, 0.15) is 11.9 Å². The Morgan fingerprint density at radius 3 is 2.84 bits per heavy atom. The predicted octanol–water partition coefficient (Wildman–Crippen LogP) is 2.06. The molecule has 1 aromatic rings. The van der Waals surface area contributed by atoms with Crippen molar-refractivity contribution in [2.75, 3.05) is 6.61 Å². The number of nitrogens with one attached hydrogen (secondary N) is 2. The van der Waals surface area contributed by atoms with Gasteiger partial charge in [-0.25, -0.2) is 4.39 Å². The first-order chi connectivity index (χ1) is 14.9. The summed E-state index contributed by atoms with van der Waals surface area (Å²) in [6.45, 7) is 4.97. The molecule has 0 spiro atoms. The van der Waals surface area contributed by atoms with E-state index in [9.17, 15) is 14.4 Å². The van der Waals surface area contributed by atoms with E-state index in [2.05, 4.69) is 24.5 Å². The van der Waals surface area contributed by atoms with Gasteiger partial charge in [-0.3, -0.25) is 19.7 Å². The molecule has 0 aliphatic carbocycles. The molecule has 2 fully saturated rings. The number of hydrogen-bond donors (Lipinski definition) is 2. The highest BCUT2D eigenvalue weighted by atomic mass is 19.1. The first-order valence-corrected chi connectivity index (χ1v) is 11.2. The molecule has 168 valence electrons. The number of fused-ring (bicyclic) bond motifs is 1. The van der Waals surface area contributed by atoms with E-state index in [4.69, 9.17) is 4.74 Å². The Hall–Kier alpha value is -2.32. The predicted molar refractivity (Wildman–Crippen MR) is 112 cm³/mol. The van der Waals surface area contributed by atoms with Crippen molar-refractivity contribution in [2.24, 2.45) is 0 Å². The van der Waals surface area contributed by atoms with Crippen molar-refractivity contribution >= 4 is 17.7 Å². The highest BCUT2D eigenvalue weighted by Crippen LogP contribution is 2.32. The number of carbonyl (C=O) groups excluding carboxylic acids is 3. The summed E-state index contributed by atoms with van der Waals surface area (Å²) in [7, 11) is 0. The lowest BCUT2D eigenvalue weighted by molar-refractivity contribution is -0.136. The van der Waals surface area contributed by atoms with Crippen molar-refractivity contribution in [3.8, 4) is 0 Å². The minimum Gasteiger partial charge on any atom is -0.376 e. The van der Waals surface area contributed by atoms with Gasteiger partial charge in [0.2, 0.25) is 11.8 Å². The molecule has 0 saturated carbocycles. The van der Waals surface area contributed by atoms with Gasteiger partial charge in [-0.05, 0) is 44.2 Å². The van der Waals surface area contributed by atoms with Crippen molar-refractivity contribution < 1.29 is 23.5 Å². The number of amides is 3. The minimum atomic E-state index is -0.744. The van der Waals surface area contributed by atoms with E-state index in [-0.39, 0.29) is 43.3 Å². The van der Waals surface area contributed by atoms with Crippen LogP contribution in [0.2, 0.25) is 0 Å². The number of piperidine rings is 1. The third kappa shape index (κ3) is 4.36. The average molecular weight is 432 g/mol. The lowest BCUT2D eigenvalue weighted by Crippen LogP contribution is -2.52. The first kappa shape index (κ1) is 21.9. The number of hydrogen-bond acceptors (Lipinski definition) is 5. The van der Waals surface area contributed by atoms with Crippen LogP contribution in [0.1, 0.15) is 67.4 Å². The summed E-state index contributed by atoms with van der Waals surface area (Å²) in [6, 6.07) is 3.10. The molecule has 1 unspecified atom stereocenters. The largest absolute Gasteiger partial charge is 0.376 e. The van der Waals surface area contributed by atoms with Crippen LogP contribution in [-0.4, -0.2) is 53.5 Å². The molecule has 0 bridgehead atoms. The lowest BCUT2D eigenvalue weighted by Gasteiger charge is -2.34. The average Bonchev–Trinajstić information content (AvgIpc) is 3.08. The number of imide groups is 1. The van der Waals surface area contributed by atoms with Gasteiger partial charge < -0.3 is 15.0 Å². The van der Waals surface area contributed by atoms with Crippen molar-refractivity contribution in [3.05, 3.63) is 34.6 Å². The smallest absolute Gasteiger partial charge is 0.255 e. The molecule has 3 amide bonds. The molecule has 3 heterocycles. The zero-order valence-corrected chi connectivity index (χ0v) is 18.1. The van der Waals surface area contributed by atoms with Crippen LogP contribution in [0.5, 0.6) is 0 Å². The molecule has 4 rings (SSSR count). The number of ether oxygens (including phenoxy) is 1. The summed E-state index contributed by atoms with van der Waals surface area (Å²) in [5, 5.41) is 5.86. The van der Waals surface area contributed by atoms with Crippen molar-refractivity contribution in [1.29, 1.82) is 0 Å². The third-order valence-electron chi connectivity index (χ3n) is 6.70. The van der Waals surface area contributed by atoms with Crippen molar-refractivity contribution in [1.82, 2.24) is 15.5 Å². The molecule has 3 aliphatic rings. The maximum absolute atomic E-state index is 15.4. The van der Waals surface area contributed by atoms with E-state index in [1.807, 2.05) is 0 Å². The second kappa shape index (κ2) is 9.04. The molecule has 3 aliphatic heterocycles.